The molecule has 0 spiro atoms. The van der Waals surface area contributed by atoms with Crippen molar-refractivity contribution in [2.24, 2.45) is 0 Å². The monoisotopic (exact) mass is 247 g/mol. The molecule has 0 saturated heterocycles. The van der Waals surface area contributed by atoms with Crippen molar-refractivity contribution in [1.82, 2.24) is 4.57 Å². The van der Waals surface area contributed by atoms with E-state index in [4.69, 9.17) is 10.0 Å². The van der Waals surface area contributed by atoms with Gasteiger partial charge < -0.3 is 14.6 Å². The van der Waals surface area contributed by atoms with Gasteiger partial charge in [0.25, 0.3) is 0 Å². The average molecular weight is 247 g/mol. The van der Waals surface area contributed by atoms with Crippen LogP contribution < -0.4 is 10.9 Å². The fourth-order valence-electron chi connectivity index (χ4n) is 1.65. The average Bonchev–Trinajstić information content (AvgIpc) is 2.34. The second-order valence-electron chi connectivity index (χ2n) is 3.94. The van der Waals surface area contributed by atoms with Crippen LogP contribution in [0.2, 0.25) is 0 Å². The highest BCUT2D eigenvalue weighted by Crippen LogP contribution is 2.04. The molecule has 2 aromatic rings. The fourth-order valence-corrected chi connectivity index (χ4v) is 1.65. The molecule has 0 amide bonds. The van der Waals surface area contributed by atoms with Crippen LogP contribution in [0.15, 0.2) is 47.5 Å². The van der Waals surface area contributed by atoms with Crippen molar-refractivity contribution >= 4 is 12.6 Å². The smallest absolute Gasteiger partial charge is 0.423 e. The van der Waals surface area contributed by atoms with E-state index in [1.54, 1.807) is 23.0 Å². The SMILES string of the molecule is O=c1ccn(Cc2ccc(F)c(B(O)O)c2)cc1. The number of halogens is 1. The van der Waals surface area contributed by atoms with Gasteiger partial charge in [0.15, 0.2) is 5.43 Å². The molecule has 1 heterocycles. The molecule has 0 atom stereocenters. The number of aromatic nitrogens is 1. The molecule has 2 rings (SSSR count). The predicted octanol–water partition coefficient (Wildman–Crippen LogP) is -0.285. The van der Waals surface area contributed by atoms with Crippen LogP contribution >= 0.6 is 0 Å². The zero-order chi connectivity index (χ0) is 13.1. The first-order chi connectivity index (χ1) is 8.56. The molecule has 0 aliphatic rings. The Hall–Kier alpha value is -1.92. The molecular formula is C12H11BFNO3. The molecule has 1 aromatic carbocycles. The van der Waals surface area contributed by atoms with Crippen molar-refractivity contribution < 1.29 is 14.4 Å². The number of hydrogen-bond acceptors (Lipinski definition) is 3. The number of pyridine rings is 1. The molecule has 0 aliphatic carbocycles. The molecule has 1 aromatic heterocycles. The van der Waals surface area contributed by atoms with Crippen molar-refractivity contribution in [3.8, 4) is 0 Å². The molecule has 18 heavy (non-hydrogen) atoms. The lowest BCUT2D eigenvalue weighted by molar-refractivity contribution is 0.423. The second-order valence-corrected chi connectivity index (χ2v) is 3.94. The van der Waals surface area contributed by atoms with E-state index in [1.807, 2.05) is 0 Å². The first-order valence-corrected chi connectivity index (χ1v) is 5.37. The van der Waals surface area contributed by atoms with E-state index in [2.05, 4.69) is 0 Å². The van der Waals surface area contributed by atoms with Crippen LogP contribution in [0.5, 0.6) is 0 Å². The van der Waals surface area contributed by atoms with Gasteiger partial charge >= 0.3 is 7.12 Å². The summed E-state index contributed by atoms with van der Waals surface area (Å²) in [4.78, 5) is 10.9. The highest BCUT2D eigenvalue weighted by Gasteiger charge is 2.16. The van der Waals surface area contributed by atoms with Gasteiger partial charge in [-0.25, -0.2) is 4.39 Å². The first kappa shape index (κ1) is 12.5. The topological polar surface area (TPSA) is 62.5 Å². The fraction of sp³-hybridized carbons (Fsp3) is 0.0833. The minimum absolute atomic E-state index is 0.0863. The molecule has 0 fully saturated rings. The first-order valence-electron chi connectivity index (χ1n) is 5.37. The van der Waals surface area contributed by atoms with Crippen LogP contribution in [-0.2, 0) is 6.54 Å². The molecule has 2 N–H and O–H groups in total. The molecule has 0 bridgehead atoms. The quantitative estimate of drug-likeness (QED) is 0.733. The zero-order valence-corrected chi connectivity index (χ0v) is 9.45. The summed E-state index contributed by atoms with van der Waals surface area (Å²) in [7, 11) is -1.83. The van der Waals surface area contributed by atoms with Crippen molar-refractivity contribution in [1.29, 1.82) is 0 Å². The molecule has 0 radical (unpaired) electrons. The van der Waals surface area contributed by atoms with E-state index in [1.165, 1.54) is 24.3 Å². The lowest BCUT2D eigenvalue weighted by atomic mass is 9.79. The Morgan fingerprint density at radius 2 is 1.83 bits per heavy atom. The minimum atomic E-state index is -1.83. The maximum atomic E-state index is 13.2. The highest BCUT2D eigenvalue weighted by atomic mass is 19.1. The molecule has 92 valence electrons. The summed E-state index contributed by atoms with van der Waals surface area (Å²) in [5, 5.41) is 18.0. The van der Waals surface area contributed by atoms with Gasteiger partial charge in [-0.3, -0.25) is 4.79 Å². The summed E-state index contributed by atoms with van der Waals surface area (Å²) in [5.74, 6) is -0.659. The lowest BCUT2D eigenvalue weighted by Crippen LogP contribution is -2.33. The Bertz CT molecular complexity index is 592. The van der Waals surface area contributed by atoms with Crippen LogP contribution in [0.3, 0.4) is 0 Å². The maximum absolute atomic E-state index is 13.2. The third kappa shape index (κ3) is 2.85. The Balaban J connectivity index is 2.27. The second kappa shape index (κ2) is 5.16. The van der Waals surface area contributed by atoms with Crippen LogP contribution in [-0.4, -0.2) is 21.7 Å². The van der Waals surface area contributed by atoms with Crippen molar-refractivity contribution in [2.45, 2.75) is 6.54 Å². The summed E-state index contributed by atoms with van der Waals surface area (Å²) < 4.78 is 15.0. The van der Waals surface area contributed by atoms with Gasteiger partial charge in [-0.2, -0.15) is 0 Å². The summed E-state index contributed by atoms with van der Waals surface area (Å²) in [5.41, 5.74) is 0.466. The van der Waals surface area contributed by atoms with Crippen LogP contribution in [0.4, 0.5) is 4.39 Å². The lowest BCUT2D eigenvalue weighted by Gasteiger charge is -2.08. The third-order valence-corrected chi connectivity index (χ3v) is 2.56. The van der Waals surface area contributed by atoms with Crippen molar-refractivity contribution in [3.63, 3.8) is 0 Å². The Morgan fingerprint density at radius 3 is 2.44 bits per heavy atom. The molecule has 0 saturated carbocycles. The molecule has 0 aliphatic heterocycles. The summed E-state index contributed by atoms with van der Waals surface area (Å²) in [6, 6.07) is 6.97. The van der Waals surface area contributed by atoms with Crippen LogP contribution in [0.25, 0.3) is 0 Å². The maximum Gasteiger partial charge on any atom is 0.491 e. The number of hydrogen-bond donors (Lipinski definition) is 2. The Morgan fingerprint density at radius 1 is 1.17 bits per heavy atom. The van der Waals surface area contributed by atoms with Crippen molar-refractivity contribution in [3.05, 3.63) is 64.3 Å². The highest BCUT2D eigenvalue weighted by molar-refractivity contribution is 6.58. The number of nitrogens with zero attached hydrogens (tertiary/aromatic N) is 1. The summed E-state index contributed by atoms with van der Waals surface area (Å²) >= 11 is 0. The van der Waals surface area contributed by atoms with E-state index in [-0.39, 0.29) is 10.9 Å². The van der Waals surface area contributed by atoms with E-state index in [0.717, 1.165) is 0 Å². The van der Waals surface area contributed by atoms with E-state index in [9.17, 15) is 9.18 Å². The predicted molar refractivity (Wildman–Crippen MR) is 66.0 cm³/mol. The molecule has 6 heteroatoms. The summed E-state index contributed by atoms with van der Waals surface area (Å²) in [6.07, 6.45) is 3.22. The van der Waals surface area contributed by atoms with E-state index < -0.39 is 12.9 Å². The van der Waals surface area contributed by atoms with Gasteiger partial charge in [0.1, 0.15) is 5.82 Å². The summed E-state index contributed by atoms with van der Waals surface area (Å²) in [6.45, 7) is 0.417. The van der Waals surface area contributed by atoms with Crippen LogP contribution in [0.1, 0.15) is 5.56 Å². The van der Waals surface area contributed by atoms with E-state index in [0.29, 0.717) is 12.1 Å². The molecular weight excluding hydrogens is 236 g/mol. The van der Waals surface area contributed by atoms with Gasteiger partial charge in [0.05, 0.1) is 0 Å². The molecule has 0 unspecified atom stereocenters. The van der Waals surface area contributed by atoms with Gasteiger partial charge in [-0.1, -0.05) is 12.1 Å². The standard InChI is InChI=1S/C12H11BFNO3/c14-12-2-1-9(7-11(12)13(17)18)8-15-5-3-10(16)4-6-15/h1-7,17-18H,8H2. The van der Waals surface area contributed by atoms with Gasteiger partial charge in [-0.15, -0.1) is 0 Å². The molecule has 4 nitrogen and oxygen atoms in total. The van der Waals surface area contributed by atoms with Gasteiger partial charge in [0.2, 0.25) is 0 Å². The van der Waals surface area contributed by atoms with Gasteiger partial charge in [-0.05, 0) is 11.6 Å². The minimum Gasteiger partial charge on any atom is -0.423 e. The number of benzene rings is 1. The number of rotatable bonds is 3. The normalized spacial score (nSPS) is 10.4. The largest absolute Gasteiger partial charge is 0.491 e. The van der Waals surface area contributed by atoms with Crippen LogP contribution in [0, 0.1) is 5.82 Å². The van der Waals surface area contributed by atoms with E-state index >= 15 is 0 Å². The zero-order valence-electron chi connectivity index (χ0n) is 9.45. The Kier molecular flexibility index (Phi) is 3.59. The van der Waals surface area contributed by atoms with Gasteiger partial charge in [0, 0.05) is 36.5 Å². The Labute approximate surface area is 103 Å². The third-order valence-electron chi connectivity index (χ3n) is 2.56. The van der Waals surface area contributed by atoms with Crippen molar-refractivity contribution in [2.75, 3.05) is 0 Å².